The Bertz CT molecular complexity index is 38.7. The van der Waals surface area contributed by atoms with Gasteiger partial charge < -0.3 is 6.53 Å². The van der Waals surface area contributed by atoms with E-state index in [0.717, 1.165) is 6.92 Å². The van der Waals surface area contributed by atoms with Gasteiger partial charge in [-0.15, -0.1) is 12.4 Å². The maximum atomic E-state index is 9.00. The monoisotopic (exact) mass is 104 g/mol. The van der Waals surface area contributed by atoms with Crippen molar-refractivity contribution in [3.63, 3.8) is 0 Å². The Labute approximate surface area is 56.0 Å². The molecule has 0 atom stereocenters. The average Bonchev–Trinajstić information content (AvgIpc) is 0.811. The number of halogens is 1. The smallest absolute Gasteiger partial charge is 1.00 e. The summed E-state index contributed by atoms with van der Waals surface area (Å²) in [5, 5.41) is 7.42. The summed E-state index contributed by atoms with van der Waals surface area (Å²) in [5.74, 6) is -0.833. The summed E-state index contributed by atoms with van der Waals surface area (Å²) in [5.41, 5.74) is 0. The Morgan fingerprint density at radius 3 is 1.83 bits per heavy atom. The van der Waals surface area contributed by atoms with E-state index in [9.17, 15) is 0 Å². The van der Waals surface area contributed by atoms with Crippen molar-refractivity contribution in [1.29, 1.82) is 0 Å². The van der Waals surface area contributed by atoms with E-state index in [0.29, 0.717) is 0 Å². The molecule has 0 rings (SSSR count). The van der Waals surface area contributed by atoms with Crippen LogP contribution in [-0.4, -0.2) is 11.1 Å². The molecule has 6 heavy (non-hydrogen) atoms. The summed E-state index contributed by atoms with van der Waals surface area (Å²) in [6.45, 7) is 1.08. The quantitative estimate of drug-likeness (QED) is 0.349. The standard InChI is InChI=1S/C2H4O2.ClH.Li.H/c1-2(3)4;;;/h1H3,(H,3,4);1H;;/q;;+1;-1. The summed E-state index contributed by atoms with van der Waals surface area (Å²) in [4.78, 5) is 9.00. The summed E-state index contributed by atoms with van der Waals surface area (Å²) >= 11 is 0. The van der Waals surface area contributed by atoms with E-state index < -0.39 is 5.97 Å². The molecule has 0 aliphatic rings. The zero-order valence-electron chi connectivity index (χ0n) is 4.76. The van der Waals surface area contributed by atoms with Crippen LogP contribution in [0.25, 0.3) is 0 Å². The van der Waals surface area contributed by atoms with Crippen LogP contribution in [0.15, 0.2) is 0 Å². The minimum absolute atomic E-state index is 0. The van der Waals surface area contributed by atoms with Crippen LogP contribution in [0, 0.1) is 0 Å². The summed E-state index contributed by atoms with van der Waals surface area (Å²) in [6, 6.07) is 0. The van der Waals surface area contributed by atoms with Gasteiger partial charge in [0, 0.05) is 6.92 Å². The van der Waals surface area contributed by atoms with Crippen molar-refractivity contribution < 1.29 is 30.2 Å². The minimum Gasteiger partial charge on any atom is -1.00 e. The number of hydrogen-bond donors (Lipinski definition) is 1. The molecule has 1 N–H and O–H groups in total. The van der Waals surface area contributed by atoms with Crippen LogP contribution in [-0.2, 0) is 4.79 Å². The van der Waals surface area contributed by atoms with Gasteiger partial charge in [0.25, 0.3) is 5.97 Å². The van der Waals surface area contributed by atoms with Gasteiger partial charge in [0.1, 0.15) is 0 Å². The molecular formula is C2H6ClLiO2. The zero-order valence-corrected chi connectivity index (χ0v) is 4.58. The summed E-state index contributed by atoms with van der Waals surface area (Å²) in [6.07, 6.45) is 0. The van der Waals surface area contributed by atoms with Gasteiger partial charge in [-0.05, 0) is 0 Å². The van der Waals surface area contributed by atoms with Crippen LogP contribution in [0.1, 0.15) is 8.35 Å². The van der Waals surface area contributed by atoms with Gasteiger partial charge in [0.05, 0.1) is 0 Å². The van der Waals surface area contributed by atoms with E-state index >= 15 is 0 Å². The van der Waals surface area contributed by atoms with Gasteiger partial charge >= 0.3 is 18.9 Å². The predicted octanol–water partition coefficient (Wildman–Crippen LogP) is -2.37. The van der Waals surface area contributed by atoms with E-state index in [1.54, 1.807) is 0 Å². The predicted molar refractivity (Wildman–Crippen MR) is 21.7 cm³/mol. The van der Waals surface area contributed by atoms with Gasteiger partial charge in [0.15, 0.2) is 0 Å². The Hall–Kier alpha value is 0.357. The summed E-state index contributed by atoms with van der Waals surface area (Å²) < 4.78 is 0. The molecule has 0 saturated heterocycles. The molecular weight excluding hydrogens is 98.4 g/mol. The van der Waals surface area contributed by atoms with E-state index in [1.807, 2.05) is 0 Å². The van der Waals surface area contributed by atoms with Gasteiger partial charge in [0.2, 0.25) is 0 Å². The molecule has 0 fully saturated rings. The normalized spacial score (nSPS) is 4.17. The second-order valence-corrected chi connectivity index (χ2v) is 0.519. The van der Waals surface area contributed by atoms with Crippen molar-refractivity contribution in [2.75, 3.05) is 0 Å². The molecule has 2 nitrogen and oxygen atoms in total. The first-order valence-corrected chi connectivity index (χ1v) is 0.928. The van der Waals surface area contributed by atoms with Gasteiger partial charge in [-0.1, -0.05) is 0 Å². The van der Waals surface area contributed by atoms with Crippen molar-refractivity contribution in [2.45, 2.75) is 6.92 Å². The number of carboxylic acid groups (broad SMARTS) is 1. The Kier molecular flexibility index (Phi) is 24.3. The second kappa shape index (κ2) is 9.02. The van der Waals surface area contributed by atoms with E-state index in [1.165, 1.54) is 0 Å². The fourth-order valence-electron chi connectivity index (χ4n) is 0. The molecule has 0 amide bonds. The molecule has 0 radical (unpaired) electrons. The van der Waals surface area contributed by atoms with Crippen LogP contribution >= 0.6 is 12.4 Å². The van der Waals surface area contributed by atoms with Crippen molar-refractivity contribution in [2.24, 2.45) is 0 Å². The van der Waals surface area contributed by atoms with E-state index in [4.69, 9.17) is 9.90 Å². The molecule has 0 aliphatic carbocycles. The number of aliphatic carboxylic acids is 1. The number of hydrogen-bond acceptors (Lipinski definition) is 1. The fraction of sp³-hybridized carbons (Fsp3) is 0.500. The van der Waals surface area contributed by atoms with Crippen molar-refractivity contribution in [3.8, 4) is 0 Å². The van der Waals surface area contributed by atoms with Crippen molar-refractivity contribution in [3.05, 3.63) is 0 Å². The molecule has 0 aromatic heterocycles. The molecule has 34 valence electrons. The maximum Gasteiger partial charge on any atom is 1.00 e. The largest absolute Gasteiger partial charge is 1.00 e. The van der Waals surface area contributed by atoms with E-state index in [-0.39, 0.29) is 32.7 Å². The molecule has 0 bridgehead atoms. The zero-order chi connectivity index (χ0) is 3.58. The van der Waals surface area contributed by atoms with E-state index in [2.05, 4.69) is 0 Å². The third-order valence-corrected chi connectivity index (χ3v) is 0. The first kappa shape index (κ1) is 16.2. The molecule has 0 aromatic carbocycles. The molecule has 4 heteroatoms. The van der Waals surface area contributed by atoms with Crippen LogP contribution in [0.5, 0.6) is 0 Å². The maximum absolute atomic E-state index is 9.00. The van der Waals surface area contributed by atoms with Crippen LogP contribution in [0.2, 0.25) is 0 Å². The van der Waals surface area contributed by atoms with Gasteiger partial charge in [-0.3, -0.25) is 4.79 Å². The first-order chi connectivity index (χ1) is 1.73. The summed E-state index contributed by atoms with van der Waals surface area (Å²) in [7, 11) is 0. The number of rotatable bonds is 0. The van der Waals surface area contributed by atoms with Crippen LogP contribution in [0.4, 0.5) is 0 Å². The van der Waals surface area contributed by atoms with Crippen molar-refractivity contribution in [1.82, 2.24) is 0 Å². The SMILES string of the molecule is CC(=O)O.Cl.[H-].[Li+]. The average molecular weight is 104 g/mol. The Balaban J connectivity index is -0.0000000150. The molecule has 0 saturated carbocycles. The first-order valence-electron chi connectivity index (χ1n) is 0.928. The molecule has 0 heterocycles. The number of carboxylic acids is 1. The topological polar surface area (TPSA) is 37.3 Å². The third-order valence-electron chi connectivity index (χ3n) is 0. The Morgan fingerprint density at radius 1 is 1.83 bits per heavy atom. The number of carbonyl (C=O) groups is 1. The molecule has 0 unspecified atom stereocenters. The minimum atomic E-state index is -0.833. The molecule has 0 aromatic rings. The van der Waals surface area contributed by atoms with Gasteiger partial charge in [-0.2, -0.15) is 0 Å². The molecule has 0 aliphatic heterocycles. The second-order valence-electron chi connectivity index (χ2n) is 0.519. The van der Waals surface area contributed by atoms with Crippen LogP contribution < -0.4 is 18.9 Å². The third kappa shape index (κ3) is 385. The van der Waals surface area contributed by atoms with Crippen molar-refractivity contribution >= 4 is 18.4 Å². The Morgan fingerprint density at radius 2 is 1.83 bits per heavy atom. The van der Waals surface area contributed by atoms with Crippen LogP contribution in [0.3, 0.4) is 0 Å². The molecule has 0 spiro atoms. The fourth-order valence-corrected chi connectivity index (χ4v) is 0. The van der Waals surface area contributed by atoms with Gasteiger partial charge in [-0.25, -0.2) is 0 Å².